The third kappa shape index (κ3) is 4.23. The lowest BCUT2D eigenvalue weighted by Crippen LogP contribution is -2.06. The third-order valence-corrected chi connectivity index (χ3v) is 3.33. The minimum Gasteiger partial charge on any atom is -0.490 e. The van der Waals surface area contributed by atoms with Gasteiger partial charge in [0.25, 0.3) is 0 Å². The molecule has 0 saturated heterocycles. The van der Waals surface area contributed by atoms with Crippen molar-refractivity contribution in [2.24, 2.45) is 0 Å². The lowest BCUT2D eigenvalue weighted by molar-refractivity contribution is 0.268. The van der Waals surface area contributed by atoms with E-state index in [0.29, 0.717) is 13.2 Å². The summed E-state index contributed by atoms with van der Waals surface area (Å²) in [6.45, 7) is 6.08. The molecule has 0 aromatic heterocycles. The highest BCUT2D eigenvalue weighted by molar-refractivity contribution is 5.43. The van der Waals surface area contributed by atoms with E-state index in [0.717, 1.165) is 18.0 Å². The Balaban J connectivity index is 2.13. The first-order valence-electron chi connectivity index (χ1n) is 7.32. The van der Waals surface area contributed by atoms with Crippen molar-refractivity contribution in [1.82, 2.24) is 5.32 Å². The van der Waals surface area contributed by atoms with Gasteiger partial charge in [-0.3, -0.25) is 0 Å². The van der Waals surface area contributed by atoms with Crippen LogP contribution >= 0.6 is 0 Å². The summed E-state index contributed by atoms with van der Waals surface area (Å²) in [6.07, 6.45) is 0. The van der Waals surface area contributed by atoms with Gasteiger partial charge < -0.3 is 14.8 Å². The molecule has 0 aliphatic heterocycles. The average molecular weight is 285 g/mol. The Morgan fingerprint density at radius 1 is 1.00 bits per heavy atom. The number of aryl methyl sites for hydroxylation is 1. The van der Waals surface area contributed by atoms with E-state index in [-0.39, 0.29) is 0 Å². The van der Waals surface area contributed by atoms with Crippen molar-refractivity contribution in [3.63, 3.8) is 0 Å². The normalized spacial score (nSPS) is 10.4. The van der Waals surface area contributed by atoms with Crippen molar-refractivity contribution in [3.05, 3.63) is 59.2 Å². The van der Waals surface area contributed by atoms with Crippen molar-refractivity contribution < 1.29 is 9.47 Å². The van der Waals surface area contributed by atoms with Gasteiger partial charge in [0.2, 0.25) is 0 Å². The van der Waals surface area contributed by atoms with Crippen LogP contribution in [0, 0.1) is 6.92 Å². The highest BCUT2D eigenvalue weighted by Gasteiger charge is 2.07. The fourth-order valence-electron chi connectivity index (χ4n) is 2.18. The van der Waals surface area contributed by atoms with E-state index in [1.165, 1.54) is 16.7 Å². The van der Waals surface area contributed by atoms with Crippen LogP contribution in [0.1, 0.15) is 23.6 Å². The molecular weight excluding hydrogens is 262 g/mol. The molecule has 0 fully saturated rings. The van der Waals surface area contributed by atoms with E-state index in [4.69, 9.17) is 9.47 Å². The highest BCUT2D eigenvalue weighted by atomic mass is 16.5. The minimum absolute atomic E-state index is 0.554. The molecule has 0 amide bonds. The molecular formula is C18H23NO2. The summed E-state index contributed by atoms with van der Waals surface area (Å²) in [5, 5.41) is 3.14. The molecule has 0 saturated carbocycles. The van der Waals surface area contributed by atoms with Crippen LogP contribution < -0.4 is 14.8 Å². The summed E-state index contributed by atoms with van der Waals surface area (Å²) in [7, 11) is 1.93. The van der Waals surface area contributed by atoms with Crippen LogP contribution in [-0.2, 0) is 13.2 Å². The maximum Gasteiger partial charge on any atom is 0.161 e. The number of hydrogen-bond acceptors (Lipinski definition) is 3. The molecule has 3 nitrogen and oxygen atoms in total. The zero-order valence-corrected chi connectivity index (χ0v) is 13.0. The molecule has 0 aliphatic carbocycles. The first-order chi connectivity index (χ1) is 10.2. The summed E-state index contributed by atoms with van der Waals surface area (Å²) in [4.78, 5) is 0. The largest absolute Gasteiger partial charge is 0.490 e. The molecule has 0 aliphatic rings. The van der Waals surface area contributed by atoms with E-state index >= 15 is 0 Å². The Hall–Kier alpha value is -2.00. The number of benzene rings is 2. The monoisotopic (exact) mass is 285 g/mol. The zero-order chi connectivity index (χ0) is 15.1. The van der Waals surface area contributed by atoms with Crippen molar-refractivity contribution in [1.29, 1.82) is 0 Å². The average Bonchev–Trinajstić information content (AvgIpc) is 2.49. The predicted molar refractivity (Wildman–Crippen MR) is 85.9 cm³/mol. The molecule has 0 bridgehead atoms. The highest BCUT2D eigenvalue weighted by Crippen LogP contribution is 2.29. The van der Waals surface area contributed by atoms with Gasteiger partial charge in [-0.2, -0.15) is 0 Å². The van der Waals surface area contributed by atoms with Gasteiger partial charge in [-0.1, -0.05) is 30.3 Å². The maximum atomic E-state index is 5.94. The minimum atomic E-state index is 0.554. The maximum absolute atomic E-state index is 5.94. The van der Waals surface area contributed by atoms with E-state index < -0.39 is 0 Å². The van der Waals surface area contributed by atoms with Crippen LogP contribution in [0.4, 0.5) is 0 Å². The Morgan fingerprint density at radius 3 is 2.52 bits per heavy atom. The Bertz CT molecular complexity index is 581. The van der Waals surface area contributed by atoms with Gasteiger partial charge in [0.1, 0.15) is 6.61 Å². The van der Waals surface area contributed by atoms with Crippen LogP contribution in [0.3, 0.4) is 0 Å². The Kier molecular flexibility index (Phi) is 5.64. The van der Waals surface area contributed by atoms with E-state index in [1.807, 2.05) is 38.2 Å². The molecule has 3 heteroatoms. The van der Waals surface area contributed by atoms with Crippen molar-refractivity contribution in [2.45, 2.75) is 27.0 Å². The molecule has 0 spiro atoms. The SMILES string of the molecule is CCOc1cc(CNC)ccc1OCc1ccccc1C. The molecule has 2 aromatic rings. The second-order valence-corrected chi connectivity index (χ2v) is 4.96. The molecule has 21 heavy (non-hydrogen) atoms. The zero-order valence-electron chi connectivity index (χ0n) is 13.0. The Morgan fingerprint density at radius 2 is 1.81 bits per heavy atom. The second-order valence-electron chi connectivity index (χ2n) is 4.96. The van der Waals surface area contributed by atoms with Crippen LogP contribution in [-0.4, -0.2) is 13.7 Å². The van der Waals surface area contributed by atoms with Crippen LogP contribution in [0.5, 0.6) is 11.5 Å². The quantitative estimate of drug-likeness (QED) is 0.841. The molecule has 1 N–H and O–H groups in total. The fraction of sp³-hybridized carbons (Fsp3) is 0.333. The molecule has 2 aromatic carbocycles. The predicted octanol–water partition coefficient (Wildman–Crippen LogP) is 3.69. The summed E-state index contributed by atoms with van der Waals surface area (Å²) in [5.74, 6) is 1.60. The number of rotatable bonds is 7. The molecule has 0 atom stereocenters. The van der Waals surface area contributed by atoms with Crippen LogP contribution in [0.25, 0.3) is 0 Å². The van der Waals surface area contributed by atoms with Gasteiger partial charge in [0.15, 0.2) is 11.5 Å². The topological polar surface area (TPSA) is 30.5 Å². The standard InChI is InChI=1S/C18H23NO2/c1-4-20-18-11-15(12-19-3)9-10-17(18)21-13-16-8-6-5-7-14(16)2/h5-11,19H,4,12-13H2,1-3H3. The summed E-state index contributed by atoms with van der Waals surface area (Å²) < 4.78 is 11.6. The first kappa shape index (κ1) is 15.4. The van der Waals surface area contributed by atoms with Crippen molar-refractivity contribution in [3.8, 4) is 11.5 Å². The molecule has 0 radical (unpaired) electrons. The van der Waals surface area contributed by atoms with Crippen molar-refractivity contribution in [2.75, 3.05) is 13.7 Å². The lowest BCUT2D eigenvalue weighted by atomic mass is 10.1. The van der Waals surface area contributed by atoms with Gasteiger partial charge in [-0.05, 0) is 49.7 Å². The lowest BCUT2D eigenvalue weighted by Gasteiger charge is -2.14. The van der Waals surface area contributed by atoms with E-state index in [9.17, 15) is 0 Å². The fourth-order valence-corrected chi connectivity index (χ4v) is 2.18. The number of hydrogen-bond donors (Lipinski definition) is 1. The third-order valence-electron chi connectivity index (χ3n) is 3.33. The van der Waals surface area contributed by atoms with Gasteiger partial charge >= 0.3 is 0 Å². The summed E-state index contributed by atoms with van der Waals surface area (Å²) >= 11 is 0. The number of ether oxygens (including phenoxy) is 2. The summed E-state index contributed by atoms with van der Waals surface area (Å²) in [6, 6.07) is 14.3. The molecule has 0 heterocycles. The second kappa shape index (κ2) is 7.70. The van der Waals surface area contributed by atoms with Gasteiger partial charge in [-0.15, -0.1) is 0 Å². The Labute approximate surface area is 126 Å². The van der Waals surface area contributed by atoms with Gasteiger partial charge in [0.05, 0.1) is 6.61 Å². The van der Waals surface area contributed by atoms with Gasteiger partial charge in [0, 0.05) is 6.54 Å². The van der Waals surface area contributed by atoms with Gasteiger partial charge in [-0.25, -0.2) is 0 Å². The number of nitrogens with one attached hydrogen (secondary N) is 1. The molecule has 112 valence electrons. The van der Waals surface area contributed by atoms with E-state index in [2.05, 4.69) is 30.4 Å². The molecule has 0 unspecified atom stereocenters. The van der Waals surface area contributed by atoms with Crippen molar-refractivity contribution >= 4 is 0 Å². The first-order valence-corrected chi connectivity index (χ1v) is 7.32. The van der Waals surface area contributed by atoms with Crippen LogP contribution in [0.15, 0.2) is 42.5 Å². The van der Waals surface area contributed by atoms with E-state index in [1.54, 1.807) is 0 Å². The van der Waals surface area contributed by atoms with Crippen LogP contribution in [0.2, 0.25) is 0 Å². The smallest absolute Gasteiger partial charge is 0.161 e. The molecule has 2 rings (SSSR count). The summed E-state index contributed by atoms with van der Waals surface area (Å²) in [5.41, 5.74) is 3.62.